The maximum Gasteiger partial charge on any atom is 1.00 e. The first kappa shape index (κ1) is 26.8. The van der Waals surface area contributed by atoms with Crippen LogP contribution in [0.3, 0.4) is 0 Å². The second-order valence-electron chi connectivity index (χ2n) is 5.81. The Kier molecular flexibility index (Phi) is 14.2. The molecule has 0 aliphatic rings. The zero-order chi connectivity index (χ0) is 18.1. The van der Waals surface area contributed by atoms with E-state index in [1.165, 1.54) is 12.1 Å². The van der Waals surface area contributed by atoms with Crippen molar-refractivity contribution < 1.29 is 67.1 Å². The Bertz CT molecular complexity index is 577. The van der Waals surface area contributed by atoms with Crippen molar-refractivity contribution in [2.75, 3.05) is 6.61 Å². The molecule has 9 heteroatoms. The van der Waals surface area contributed by atoms with Crippen molar-refractivity contribution in [1.82, 2.24) is 5.32 Å². The maximum absolute atomic E-state index is 12.0. The molecule has 132 valence electrons. The topological polar surface area (TPSA) is 119 Å². The van der Waals surface area contributed by atoms with Gasteiger partial charge in [0, 0.05) is 11.5 Å². The van der Waals surface area contributed by atoms with Crippen LogP contribution in [0.25, 0.3) is 0 Å². The van der Waals surface area contributed by atoms with Crippen LogP contribution in [0.15, 0.2) is 24.3 Å². The third kappa shape index (κ3) is 10.6. The molecule has 1 N–H and O–H groups in total. The van der Waals surface area contributed by atoms with Crippen LogP contribution >= 0.6 is 0 Å². The van der Waals surface area contributed by atoms with Gasteiger partial charge < -0.3 is 29.9 Å². The predicted molar refractivity (Wildman–Crippen MR) is 81.9 cm³/mol. The monoisotopic (exact) mass is 349 g/mol. The first-order valence-corrected chi connectivity index (χ1v) is 7.74. The van der Waals surface area contributed by atoms with Crippen molar-refractivity contribution in [2.24, 2.45) is 5.92 Å². The Morgan fingerprint density at radius 3 is 2.08 bits per heavy atom. The Balaban J connectivity index is 0. The van der Waals surface area contributed by atoms with E-state index in [9.17, 15) is 24.6 Å². The molecule has 0 saturated carbocycles. The summed E-state index contributed by atoms with van der Waals surface area (Å²) >= 11 is 0. The summed E-state index contributed by atoms with van der Waals surface area (Å²) in [6.07, 6.45) is 0.127. The minimum absolute atomic E-state index is 0. The first-order chi connectivity index (χ1) is 11.3. The molecule has 0 aliphatic carbocycles. The standard InChI is InChI=1S/C17H23NO6.2Li/c1-11(2)9-10-24-13-5-3-12(4-6-13)16(21)18-14(17(22)23)7-8-15(19)20;;/h3-6,11,14H,7-10H2,1-2H3,(H,18,21)(H,19,20)(H,22,23);;/q;2*+1/p-2. The molecule has 1 atom stereocenters. The number of hydrogen-bond acceptors (Lipinski definition) is 6. The van der Waals surface area contributed by atoms with Crippen LogP contribution < -0.4 is 58.0 Å². The number of rotatable bonds is 10. The van der Waals surface area contributed by atoms with Gasteiger partial charge in [-0.3, -0.25) is 4.79 Å². The molecular formula is C17H21Li2NO6. The minimum atomic E-state index is -1.54. The van der Waals surface area contributed by atoms with Gasteiger partial charge in [0.05, 0.1) is 18.6 Å². The third-order valence-corrected chi connectivity index (χ3v) is 3.31. The van der Waals surface area contributed by atoms with E-state index in [1.807, 2.05) is 0 Å². The molecule has 1 unspecified atom stereocenters. The normalized spacial score (nSPS) is 10.9. The van der Waals surface area contributed by atoms with Gasteiger partial charge in [0.2, 0.25) is 0 Å². The average Bonchev–Trinajstić information content (AvgIpc) is 2.51. The average molecular weight is 349 g/mol. The predicted octanol–water partition coefficient (Wildman–Crippen LogP) is -6.50. The number of benzene rings is 1. The van der Waals surface area contributed by atoms with E-state index >= 15 is 0 Å². The van der Waals surface area contributed by atoms with Crippen LogP contribution in [-0.2, 0) is 9.59 Å². The summed E-state index contributed by atoms with van der Waals surface area (Å²) in [6, 6.07) is 4.85. The van der Waals surface area contributed by atoms with Gasteiger partial charge >= 0.3 is 37.7 Å². The molecule has 0 spiro atoms. The molecule has 1 amide bonds. The first-order valence-electron chi connectivity index (χ1n) is 7.74. The number of aliphatic carboxylic acids is 2. The molecule has 0 radical (unpaired) electrons. The van der Waals surface area contributed by atoms with Crippen LogP contribution in [0.5, 0.6) is 5.75 Å². The number of hydrogen-bond donors (Lipinski definition) is 1. The number of ether oxygens (including phenoxy) is 1. The molecule has 0 bridgehead atoms. The molecule has 1 aromatic carbocycles. The van der Waals surface area contributed by atoms with Crippen LogP contribution in [0.1, 0.15) is 43.5 Å². The summed E-state index contributed by atoms with van der Waals surface area (Å²) in [4.78, 5) is 33.4. The summed E-state index contributed by atoms with van der Waals surface area (Å²) in [7, 11) is 0. The summed E-state index contributed by atoms with van der Waals surface area (Å²) in [6.45, 7) is 4.75. The minimum Gasteiger partial charge on any atom is -0.550 e. The van der Waals surface area contributed by atoms with Gasteiger partial charge in [-0.25, -0.2) is 0 Å². The number of nitrogens with one attached hydrogen (secondary N) is 1. The fourth-order valence-electron chi connectivity index (χ4n) is 1.87. The molecule has 0 aromatic heterocycles. The van der Waals surface area contributed by atoms with Crippen LogP contribution in [0.4, 0.5) is 0 Å². The van der Waals surface area contributed by atoms with E-state index in [-0.39, 0.29) is 49.7 Å². The van der Waals surface area contributed by atoms with Gasteiger partial charge in [-0.2, -0.15) is 0 Å². The number of carbonyl (C=O) groups is 3. The van der Waals surface area contributed by atoms with Crippen molar-refractivity contribution in [3.63, 3.8) is 0 Å². The Hall–Kier alpha value is -1.38. The molecule has 0 aliphatic heterocycles. The van der Waals surface area contributed by atoms with Gasteiger partial charge in [0.15, 0.2) is 0 Å². The fourth-order valence-corrected chi connectivity index (χ4v) is 1.87. The molecule has 0 heterocycles. The van der Waals surface area contributed by atoms with Crippen molar-refractivity contribution in [3.8, 4) is 5.75 Å². The Morgan fingerprint density at radius 1 is 1.04 bits per heavy atom. The molecule has 7 nitrogen and oxygen atoms in total. The van der Waals surface area contributed by atoms with E-state index in [1.54, 1.807) is 12.1 Å². The summed E-state index contributed by atoms with van der Waals surface area (Å²) in [5, 5.41) is 23.6. The quantitative estimate of drug-likeness (QED) is 0.420. The van der Waals surface area contributed by atoms with Gasteiger partial charge in [-0.05, 0) is 49.4 Å². The molecular weight excluding hydrogens is 328 g/mol. The van der Waals surface area contributed by atoms with Crippen molar-refractivity contribution in [2.45, 2.75) is 39.2 Å². The van der Waals surface area contributed by atoms with Gasteiger partial charge in [-0.1, -0.05) is 13.8 Å². The Labute approximate surface area is 177 Å². The number of amides is 1. The van der Waals surface area contributed by atoms with E-state index in [4.69, 9.17) is 4.74 Å². The summed E-state index contributed by atoms with van der Waals surface area (Å²) in [5.41, 5.74) is 0.242. The summed E-state index contributed by atoms with van der Waals surface area (Å²) < 4.78 is 5.53. The van der Waals surface area contributed by atoms with Crippen molar-refractivity contribution >= 4 is 17.8 Å². The van der Waals surface area contributed by atoms with Crippen molar-refractivity contribution in [3.05, 3.63) is 29.8 Å². The zero-order valence-corrected chi connectivity index (χ0v) is 15.7. The number of carboxylic acids is 2. The van der Waals surface area contributed by atoms with Gasteiger partial charge in [-0.15, -0.1) is 0 Å². The second kappa shape index (κ2) is 13.8. The molecule has 0 saturated heterocycles. The van der Waals surface area contributed by atoms with Crippen molar-refractivity contribution in [1.29, 1.82) is 0 Å². The van der Waals surface area contributed by atoms with Gasteiger partial charge in [0.1, 0.15) is 5.75 Å². The molecule has 26 heavy (non-hydrogen) atoms. The molecule has 1 rings (SSSR count). The summed E-state index contributed by atoms with van der Waals surface area (Å²) in [5.74, 6) is -2.42. The van der Waals surface area contributed by atoms with E-state index < -0.39 is 30.3 Å². The molecule has 1 aromatic rings. The fraction of sp³-hybridized carbons (Fsp3) is 0.471. The largest absolute Gasteiger partial charge is 1.00 e. The number of carbonyl (C=O) groups excluding carboxylic acids is 3. The van der Waals surface area contributed by atoms with E-state index in [0.29, 0.717) is 18.3 Å². The Morgan fingerprint density at radius 2 is 1.62 bits per heavy atom. The van der Waals surface area contributed by atoms with Crippen LogP contribution in [0, 0.1) is 5.92 Å². The number of carboxylic acid groups (broad SMARTS) is 2. The van der Waals surface area contributed by atoms with E-state index in [2.05, 4.69) is 19.2 Å². The zero-order valence-electron chi connectivity index (χ0n) is 15.7. The second-order valence-corrected chi connectivity index (χ2v) is 5.81. The third-order valence-electron chi connectivity index (χ3n) is 3.31. The van der Waals surface area contributed by atoms with Crippen LogP contribution in [-0.4, -0.2) is 30.5 Å². The SMILES string of the molecule is CC(C)CCOc1ccc(C(=O)NC(CCC(=O)[O-])C(=O)[O-])cc1.[Li+].[Li+]. The smallest absolute Gasteiger partial charge is 0.550 e. The van der Waals surface area contributed by atoms with Gasteiger partial charge in [0.25, 0.3) is 5.91 Å². The van der Waals surface area contributed by atoms with Crippen LogP contribution in [0.2, 0.25) is 0 Å². The van der Waals surface area contributed by atoms with E-state index in [0.717, 1.165) is 6.42 Å². The molecule has 0 fully saturated rings. The maximum atomic E-state index is 12.0.